The van der Waals surface area contributed by atoms with Crippen LogP contribution < -0.4 is 0 Å². The molecule has 0 aromatic heterocycles. The molecule has 1 aliphatic heterocycles. The predicted molar refractivity (Wildman–Crippen MR) is 123 cm³/mol. The van der Waals surface area contributed by atoms with E-state index in [0.717, 1.165) is 16.7 Å². The Morgan fingerprint density at radius 1 is 0.606 bits per heavy atom. The highest BCUT2D eigenvalue weighted by atomic mass is 16.7. The first-order valence-electron chi connectivity index (χ1n) is 11.2. The average Bonchev–Trinajstić information content (AvgIpc) is 2.88. The molecule has 174 valence electrons. The van der Waals surface area contributed by atoms with Gasteiger partial charge < -0.3 is 29.2 Å². The quantitative estimate of drug-likeness (QED) is 0.493. The minimum absolute atomic E-state index is 0.289. The van der Waals surface area contributed by atoms with Gasteiger partial charge in [0.15, 0.2) is 6.29 Å². The van der Waals surface area contributed by atoms with Gasteiger partial charge in [-0.25, -0.2) is 0 Å². The summed E-state index contributed by atoms with van der Waals surface area (Å²) >= 11 is 0. The van der Waals surface area contributed by atoms with Gasteiger partial charge in [-0.3, -0.25) is 0 Å². The van der Waals surface area contributed by atoms with Crippen molar-refractivity contribution in [2.75, 3.05) is 6.61 Å². The van der Waals surface area contributed by atoms with Crippen LogP contribution in [-0.2, 0) is 38.8 Å². The lowest BCUT2D eigenvalue weighted by atomic mass is 9.98. The zero-order valence-electron chi connectivity index (χ0n) is 18.4. The zero-order chi connectivity index (χ0) is 22.9. The monoisotopic (exact) mass is 450 g/mol. The van der Waals surface area contributed by atoms with Crippen LogP contribution in [-0.4, -0.2) is 47.5 Å². The van der Waals surface area contributed by atoms with Crippen LogP contribution in [0.2, 0.25) is 0 Å². The van der Waals surface area contributed by atoms with Crippen molar-refractivity contribution in [1.29, 1.82) is 0 Å². The molecule has 2 N–H and O–H groups in total. The Kier molecular flexibility index (Phi) is 8.60. The Labute approximate surface area is 194 Å². The summed E-state index contributed by atoms with van der Waals surface area (Å²) in [6.45, 7) is 0.540. The average molecular weight is 451 g/mol. The van der Waals surface area contributed by atoms with Gasteiger partial charge in [0.1, 0.15) is 24.4 Å². The van der Waals surface area contributed by atoms with Crippen LogP contribution in [0.25, 0.3) is 0 Å². The Morgan fingerprint density at radius 3 is 1.48 bits per heavy atom. The standard InChI is InChI=1S/C27H30O6/c28-16-23-24(29)25(30-17-20-10-4-1-5-11-20)26(31-18-21-12-6-2-7-13-21)27(33-23)32-19-22-14-8-3-9-15-22/h1-15,23-29H,16-19H2/t23?,24-,25?,26?,27+/m0/s1. The molecule has 6 nitrogen and oxygen atoms in total. The third-order valence-corrected chi connectivity index (χ3v) is 5.63. The molecular formula is C27H30O6. The fraction of sp³-hybridized carbons (Fsp3) is 0.333. The van der Waals surface area contributed by atoms with E-state index in [9.17, 15) is 10.2 Å². The summed E-state index contributed by atoms with van der Waals surface area (Å²) in [4.78, 5) is 0. The summed E-state index contributed by atoms with van der Waals surface area (Å²) in [5, 5.41) is 20.8. The molecule has 0 saturated carbocycles. The van der Waals surface area contributed by atoms with Crippen molar-refractivity contribution in [2.24, 2.45) is 0 Å². The highest BCUT2D eigenvalue weighted by Crippen LogP contribution is 2.29. The number of hydrogen-bond acceptors (Lipinski definition) is 6. The summed E-state index contributed by atoms with van der Waals surface area (Å²) in [6, 6.07) is 29.2. The zero-order valence-corrected chi connectivity index (χ0v) is 18.4. The SMILES string of the molecule is OCC1O[C@@H](OCc2ccccc2)C(OCc2ccccc2)C(OCc2ccccc2)[C@H]1O. The Hall–Kier alpha value is -2.58. The molecule has 0 spiro atoms. The van der Waals surface area contributed by atoms with Crippen molar-refractivity contribution in [1.82, 2.24) is 0 Å². The molecule has 33 heavy (non-hydrogen) atoms. The summed E-state index contributed by atoms with van der Waals surface area (Å²) in [5.74, 6) is 0. The molecule has 4 rings (SSSR count). The largest absolute Gasteiger partial charge is 0.394 e. The number of hydrogen-bond donors (Lipinski definition) is 2. The predicted octanol–water partition coefficient (Wildman–Crippen LogP) is 3.45. The van der Waals surface area contributed by atoms with Crippen LogP contribution in [0.5, 0.6) is 0 Å². The lowest BCUT2D eigenvalue weighted by molar-refractivity contribution is -0.322. The third kappa shape index (κ3) is 6.48. The van der Waals surface area contributed by atoms with Crippen molar-refractivity contribution < 1.29 is 29.2 Å². The van der Waals surface area contributed by atoms with Gasteiger partial charge in [-0.1, -0.05) is 91.0 Å². The van der Waals surface area contributed by atoms with Crippen molar-refractivity contribution in [3.05, 3.63) is 108 Å². The van der Waals surface area contributed by atoms with Gasteiger partial charge in [0.25, 0.3) is 0 Å². The fourth-order valence-corrected chi connectivity index (χ4v) is 3.83. The molecule has 0 bridgehead atoms. The van der Waals surface area contributed by atoms with Crippen LogP contribution in [0.15, 0.2) is 91.0 Å². The van der Waals surface area contributed by atoms with Gasteiger partial charge in [-0.2, -0.15) is 0 Å². The van der Waals surface area contributed by atoms with Crippen molar-refractivity contribution >= 4 is 0 Å². The van der Waals surface area contributed by atoms with Crippen LogP contribution >= 0.6 is 0 Å². The first-order valence-corrected chi connectivity index (χ1v) is 11.2. The van der Waals surface area contributed by atoms with E-state index in [4.69, 9.17) is 18.9 Å². The number of ether oxygens (including phenoxy) is 4. The lowest BCUT2D eigenvalue weighted by Crippen LogP contribution is -2.60. The molecule has 0 radical (unpaired) electrons. The van der Waals surface area contributed by atoms with Crippen LogP contribution in [0, 0.1) is 0 Å². The Balaban J connectivity index is 1.52. The second kappa shape index (κ2) is 12.0. The molecule has 1 heterocycles. The highest BCUT2D eigenvalue weighted by molar-refractivity contribution is 5.15. The normalized spacial score (nSPS) is 25.1. The lowest BCUT2D eigenvalue weighted by Gasteiger charge is -2.43. The number of aliphatic hydroxyl groups is 2. The maximum Gasteiger partial charge on any atom is 0.187 e. The molecule has 3 aromatic rings. The van der Waals surface area contributed by atoms with Crippen molar-refractivity contribution in [2.45, 2.75) is 50.5 Å². The van der Waals surface area contributed by atoms with Gasteiger partial charge in [-0.05, 0) is 16.7 Å². The molecule has 5 atom stereocenters. The third-order valence-electron chi connectivity index (χ3n) is 5.63. The van der Waals surface area contributed by atoms with E-state index in [1.54, 1.807) is 0 Å². The van der Waals surface area contributed by atoms with E-state index < -0.39 is 30.7 Å². The first-order chi connectivity index (χ1) is 16.2. The highest BCUT2D eigenvalue weighted by Gasteiger charge is 2.47. The molecule has 1 fully saturated rings. The number of rotatable bonds is 10. The van der Waals surface area contributed by atoms with Crippen LogP contribution in [0.4, 0.5) is 0 Å². The molecule has 0 aliphatic carbocycles. The van der Waals surface area contributed by atoms with E-state index in [0.29, 0.717) is 13.2 Å². The minimum atomic E-state index is -1.07. The van der Waals surface area contributed by atoms with E-state index in [1.807, 2.05) is 91.0 Å². The molecule has 0 amide bonds. The van der Waals surface area contributed by atoms with E-state index >= 15 is 0 Å². The molecule has 3 aromatic carbocycles. The molecule has 3 unspecified atom stereocenters. The van der Waals surface area contributed by atoms with Gasteiger partial charge in [0, 0.05) is 0 Å². The summed E-state index contributed by atoms with van der Waals surface area (Å²) in [6.07, 6.45) is -4.19. The summed E-state index contributed by atoms with van der Waals surface area (Å²) < 4.78 is 24.4. The van der Waals surface area contributed by atoms with E-state index in [1.165, 1.54) is 0 Å². The van der Waals surface area contributed by atoms with Crippen molar-refractivity contribution in [3.8, 4) is 0 Å². The van der Waals surface area contributed by atoms with Crippen LogP contribution in [0.3, 0.4) is 0 Å². The Bertz CT molecular complexity index is 937. The van der Waals surface area contributed by atoms with Gasteiger partial charge in [0.05, 0.1) is 26.4 Å². The number of aliphatic hydroxyl groups excluding tert-OH is 2. The first kappa shape index (κ1) is 23.6. The maximum atomic E-state index is 10.9. The van der Waals surface area contributed by atoms with E-state index in [-0.39, 0.29) is 13.2 Å². The summed E-state index contributed by atoms with van der Waals surface area (Å²) in [5.41, 5.74) is 2.94. The van der Waals surface area contributed by atoms with E-state index in [2.05, 4.69) is 0 Å². The second-order valence-electron chi connectivity index (χ2n) is 8.04. The molecule has 1 aliphatic rings. The smallest absolute Gasteiger partial charge is 0.187 e. The number of benzene rings is 3. The van der Waals surface area contributed by atoms with Crippen molar-refractivity contribution in [3.63, 3.8) is 0 Å². The fourth-order valence-electron chi connectivity index (χ4n) is 3.83. The van der Waals surface area contributed by atoms with Gasteiger partial charge in [0.2, 0.25) is 0 Å². The maximum absolute atomic E-state index is 10.9. The minimum Gasteiger partial charge on any atom is -0.394 e. The van der Waals surface area contributed by atoms with Crippen LogP contribution in [0.1, 0.15) is 16.7 Å². The summed E-state index contributed by atoms with van der Waals surface area (Å²) in [7, 11) is 0. The molecular weight excluding hydrogens is 420 g/mol. The molecule has 6 heteroatoms. The Morgan fingerprint density at radius 2 is 1.03 bits per heavy atom. The topological polar surface area (TPSA) is 77.4 Å². The second-order valence-corrected chi connectivity index (χ2v) is 8.04. The van der Waals surface area contributed by atoms with Gasteiger partial charge in [-0.15, -0.1) is 0 Å². The van der Waals surface area contributed by atoms with Gasteiger partial charge >= 0.3 is 0 Å². The molecule has 1 saturated heterocycles.